The Bertz CT molecular complexity index is 1090. The molecule has 0 bridgehead atoms. The minimum atomic E-state index is -0.502. The smallest absolute Gasteiger partial charge is 0.241 e. The fourth-order valence-corrected chi connectivity index (χ4v) is 4.50. The number of halogens is 1. The summed E-state index contributed by atoms with van der Waals surface area (Å²) in [6, 6.07) is 9.35. The van der Waals surface area contributed by atoms with Gasteiger partial charge in [0.1, 0.15) is 24.3 Å². The number of hydrogen-bond acceptors (Lipinski definition) is 7. The Morgan fingerprint density at radius 3 is 2.48 bits per heavy atom. The predicted molar refractivity (Wildman–Crippen MR) is 129 cm³/mol. The third-order valence-electron chi connectivity index (χ3n) is 4.86. The van der Waals surface area contributed by atoms with Crippen LogP contribution >= 0.6 is 23.4 Å². The van der Waals surface area contributed by atoms with Gasteiger partial charge in [0.25, 0.3) is 0 Å². The number of benzene rings is 2. The van der Waals surface area contributed by atoms with Gasteiger partial charge in [-0.2, -0.15) is 0 Å². The van der Waals surface area contributed by atoms with E-state index in [1.54, 1.807) is 12.1 Å². The number of ether oxygens (including phenoxy) is 3. The number of hydrazone groups is 1. The van der Waals surface area contributed by atoms with Crippen molar-refractivity contribution in [2.75, 3.05) is 20.3 Å². The molecular weight excluding hydrogens is 466 g/mol. The molecule has 3 rings (SSSR count). The summed E-state index contributed by atoms with van der Waals surface area (Å²) in [4.78, 5) is 23.5. The van der Waals surface area contributed by atoms with Crippen molar-refractivity contribution in [3.63, 3.8) is 0 Å². The van der Waals surface area contributed by atoms with Crippen LogP contribution in [-0.4, -0.2) is 42.3 Å². The number of carbonyl (C=O) groups is 2. The van der Waals surface area contributed by atoms with Crippen molar-refractivity contribution in [2.45, 2.75) is 33.1 Å². The van der Waals surface area contributed by atoms with E-state index < -0.39 is 5.37 Å². The first-order chi connectivity index (χ1) is 15.7. The minimum Gasteiger partial charge on any atom is -0.493 e. The number of aryl methyl sites for hydroxylation is 2. The average Bonchev–Trinajstić information content (AvgIpc) is 3.17. The molecule has 33 heavy (non-hydrogen) atoms. The third-order valence-corrected chi connectivity index (χ3v) is 6.25. The first-order valence-electron chi connectivity index (χ1n) is 10.2. The van der Waals surface area contributed by atoms with E-state index in [2.05, 4.69) is 10.4 Å². The number of rotatable bonds is 7. The van der Waals surface area contributed by atoms with E-state index in [0.717, 1.165) is 11.3 Å². The highest BCUT2D eigenvalue weighted by atomic mass is 35.5. The molecule has 0 saturated carbocycles. The molecule has 2 aromatic rings. The van der Waals surface area contributed by atoms with Crippen LogP contribution in [0, 0.1) is 13.8 Å². The molecule has 1 aliphatic heterocycles. The van der Waals surface area contributed by atoms with Gasteiger partial charge in [-0.1, -0.05) is 29.4 Å². The minimum absolute atomic E-state index is 0.260. The SMILES string of the molecule is COc1cc([C@@H]2SC(NC(C)=O)=NN2C(C)=O)cc(Cl)c1OCCOc1ccc(C)c(C)c1. The van der Waals surface area contributed by atoms with Crippen molar-refractivity contribution in [3.05, 3.63) is 52.0 Å². The van der Waals surface area contributed by atoms with Crippen molar-refractivity contribution < 1.29 is 23.8 Å². The number of thioether (sulfide) groups is 1. The second kappa shape index (κ2) is 10.8. The van der Waals surface area contributed by atoms with Crippen LogP contribution in [0.5, 0.6) is 17.2 Å². The number of hydrogen-bond donors (Lipinski definition) is 1. The lowest BCUT2D eigenvalue weighted by Gasteiger charge is -2.21. The summed E-state index contributed by atoms with van der Waals surface area (Å²) in [6.45, 7) is 7.45. The number of amidine groups is 1. The van der Waals surface area contributed by atoms with Crippen LogP contribution < -0.4 is 19.5 Å². The van der Waals surface area contributed by atoms with E-state index in [1.165, 1.54) is 43.3 Å². The summed E-state index contributed by atoms with van der Waals surface area (Å²) in [6.07, 6.45) is 0. The van der Waals surface area contributed by atoms with Gasteiger partial charge >= 0.3 is 0 Å². The molecule has 2 aromatic carbocycles. The molecule has 0 aliphatic carbocycles. The van der Waals surface area contributed by atoms with E-state index in [9.17, 15) is 9.59 Å². The molecule has 0 saturated heterocycles. The molecule has 1 aliphatic rings. The van der Waals surface area contributed by atoms with Gasteiger partial charge in [0.2, 0.25) is 11.8 Å². The fraction of sp³-hybridized carbons (Fsp3) is 0.348. The molecule has 8 nitrogen and oxygen atoms in total. The van der Waals surface area contributed by atoms with Crippen LogP contribution in [0.4, 0.5) is 0 Å². The summed E-state index contributed by atoms with van der Waals surface area (Å²) in [5.74, 6) is 1.03. The van der Waals surface area contributed by atoms with Crippen molar-refractivity contribution in [2.24, 2.45) is 5.10 Å². The van der Waals surface area contributed by atoms with Gasteiger partial charge in [0.15, 0.2) is 16.7 Å². The Labute approximate surface area is 202 Å². The number of amides is 2. The zero-order chi connectivity index (χ0) is 24.1. The van der Waals surface area contributed by atoms with Gasteiger partial charge in [-0.25, -0.2) is 5.01 Å². The maximum absolute atomic E-state index is 12.1. The van der Waals surface area contributed by atoms with Gasteiger partial charge in [0, 0.05) is 13.8 Å². The Hall–Kier alpha value is -2.91. The fourth-order valence-electron chi connectivity index (χ4n) is 3.11. The molecular formula is C23H26ClN3O5S. The predicted octanol–water partition coefficient (Wildman–Crippen LogP) is 4.42. The Morgan fingerprint density at radius 1 is 1.12 bits per heavy atom. The number of methoxy groups -OCH3 is 1. The summed E-state index contributed by atoms with van der Waals surface area (Å²) < 4.78 is 17.1. The summed E-state index contributed by atoms with van der Waals surface area (Å²) >= 11 is 7.74. The van der Waals surface area contributed by atoms with E-state index in [1.807, 2.05) is 32.0 Å². The molecule has 0 aromatic heterocycles. The summed E-state index contributed by atoms with van der Waals surface area (Å²) in [5.41, 5.74) is 3.04. The molecule has 2 amide bonds. The maximum atomic E-state index is 12.1. The zero-order valence-electron chi connectivity index (χ0n) is 19.1. The van der Waals surface area contributed by atoms with E-state index in [0.29, 0.717) is 33.9 Å². The van der Waals surface area contributed by atoms with E-state index in [4.69, 9.17) is 25.8 Å². The number of nitrogens with zero attached hydrogens (tertiary/aromatic N) is 2. The van der Waals surface area contributed by atoms with Crippen LogP contribution in [0.15, 0.2) is 35.4 Å². The highest BCUT2D eigenvalue weighted by Gasteiger charge is 2.33. The van der Waals surface area contributed by atoms with Gasteiger partial charge in [0.05, 0.1) is 12.1 Å². The largest absolute Gasteiger partial charge is 0.493 e. The highest BCUT2D eigenvalue weighted by Crippen LogP contribution is 2.44. The molecule has 0 unspecified atom stereocenters. The van der Waals surface area contributed by atoms with Crippen LogP contribution in [0.25, 0.3) is 0 Å². The second-order valence-corrected chi connectivity index (χ2v) is 8.87. The summed E-state index contributed by atoms with van der Waals surface area (Å²) in [7, 11) is 1.51. The Kier molecular flexibility index (Phi) is 8.10. The molecule has 0 fully saturated rings. The average molecular weight is 492 g/mol. The van der Waals surface area contributed by atoms with Crippen LogP contribution in [-0.2, 0) is 9.59 Å². The molecule has 1 N–H and O–H groups in total. The van der Waals surface area contributed by atoms with Gasteiger partial charge in [-0.05, 0) is 54.8 Å². The maximum Gasteiger partial charge on any atom is 0.241 e. The van der Waals surface area contributed by atoms with Crippen molar-refractivity contribution in [1.82, 2.24) is 10.3 Å². The van der Waals surface area contributed by atoms with E-state index in [-0.39, 0.29) is 18.4 Å². The number of nitrogens with one attached hydrogen (secondary N) is 1. The lowest BCUT2D eigenvalue weighted by molar-refractivity contribution is -0.129. The van der Waals surface area contributed by atoms with Gasteiger partial charge in [-0.15, -0.1) is 5.10 Å². The van der Waals surface area contributed by atoms with E-state index >= 15 is 0 Å². The quantitative estimate of drug-likeness (QED) is 0.576. The van der Waals surface area contributed by atoms with Crippen LogP contribution in [0.2, 0.25) is 5.02 Å². The monoisotopic (exact) mass is 491 g/mol. The number of carbonyl (C=O) groups excluding carboxylic acids is 2. The molecule has 0 spiro atoms. The first kappa shape index (κ1) is 24.7. The van der Waals surface area contributed by atoms with Crippen LogP contribution in [0.1, 0.15) is 35.9 Å². The topological polar surface area (TPSA) is 89.5 Å². The molecule has 176 valence electrons. The Morgan fingerprint density at radius 2 is 1.85 bits per heavy atom. The first-order valence-corrected chi connectivity index (χ1v) is 11.5. The zero-order valence-corrected chi connectivity index (χ0v) is 20.7. The van der Waals surface area contributed by atoms with Crippen molar-refractivity contribution in [3.8, 4) is 17.2 Å². The molecule has 1 atom stereocenters. The van der Waals surface area contributed by atoms with Crippen molar-refractivity contribution >= 4 is 40.3 Å². The molecule has 10 heteroatoms. The highest BCUT2D eigenvalue weighted by molar-refractivity contribution is 8.14. The lowest BCUT2D eigenvalue weighted by Crippen LogP contribution is -2.25. The molecule has 1 heterocycles. The normalized spacial score (nSPS) is 15.2. The summed E-state index contributed by atoms with van der Waals surface area (Å²) in [5, 5.41) is 8.26. The lowest BCUT2D eigenvalue weighted by atomic mass is 10.1. The Balaban J connectivity index is 1.70. The van der Waals surface area contributed by atoms with Gasteiger partial charge in [-0.3, -0.25) is 9.59 Å². The van der Waals surface area contributed by atoms with Gasteiger partial charge < -0.3 is 19.5 Å². The standard InChI is InChI=1S/C23H26ClN3O5S/c1-13-6-7-18(10-14(13)2)31-8-9-32-21-19(24)11-17(12-20(21)30-5)22-27(16(4)29)26-23(33-22)25-15(3)28/h6-7,10-12,22H,8-9H2,1-5H3,(H,25,26,28)/t22-/m0/s1. The second-order valence-electron chi connectivity index (χ2n) is 7.40. The third kappa shape index (κ3) is 6.11. The molecule has 0 radical (unpaired) electrons. The van der Waals surface area contributed by atoms with Crippen LogP contribution in [0.3, 0.4) is 0 Å². The van der Waals surface area contributed by atoms with Crippen molar-refractivity contribution in [1.29, 1.82) is 0 Å².